The molecule has 6 heteroatoms. The van der Waals surface area contributed by atoms with Crippen molar-refractivity contribution in [2.45, 2.75) is 18.9 Å². The van der Waals surface area contributed by atoms with E-state index in [9.17, 15) is 9.59 Å². The standard InChI is InChI=1S/C13H14ClNO4/c1-18-10-4-2-3-9(13(14)17)12(10)19-7-11(16)15-8-5-6-8/h2-4,8H,5-7H2,1H3,(H,15,16). The zero-order valence-electron chi connectivity index (χ0n) is 10.4. The monoisotopic (exact) mass is 283 g/mol. The summed E-state index contributed by atoms with van der Waals surface area (Å²) in [5, 5.41) is 2.13. The minimum atomic E-state index is -0.656. The van der Waals surface area contributed by atoms with Crippen molar-refractivity contribution in [3.05, 3.63) is 23.8 Å². The minimum Gasteiger partial charge on any atom is -0.493 e. The summed E-state index contributed by atoms with van der Waals surface area (Å²) in [5.74, 6) is 0.336. The summed E-state index contributed by atoms with van der Waals surface area (Å²) in [6.07, 6.45) is 2.01. The molecule has 0 atom stereocenters. The Morgan fingerprint density at radius 2 is 2.16 bits per heavy atom. The molecule has 0 bridgehead atoms. The molecule has 1 N–H and O–H groups in total. The quantitative estimate of drug-likeness (QED) is 0.808. The normalized spacial score (nSPS) is 13.8. The van der Waals surface area contributed by atoms with Gasteiger partial charge in [0.05, 0.1) is 12.7 Å². The van der Waals surface area contributed by atoms with Gasteiger partial charge in [-0.15, -0.1) is 0 Å². The van der Waals surface area contributed by atoms with Crippen LogP contribution in [0.5, 0.6) is 11.5 Å². The van der Waals surface area contributed by atoms with E-state index in [2.05, 4.69) is 5.32 Å². The molecule has 1 fully saturated rings. The van der Waals surface area contributed by atoms with E-state index < -0.39 is 5.24 Å². The van der Waals surface area contributed by atoms with Gasteiger partial charge in [-0.05, 0) is 36.6 Å². The summed E-state index contributed by atoms with van der Waals surface area (Å²) >= 11 is 5.47. The summed E-state index contributed by atoms with van der Waals surface area (Å²) in [7, 11) is 1.45. The SMILES string of the molecule is COc1cccc(C(=O)Cl)c1OCC(=O)NC1CC1. The Hall–Kier alpha value is -1.75. The number of methoxy groups -OCH3 is 1. The van der Waals surface area contributed by atoms with E-state index in [0.29, 0.717) is 5.75 Å². The lowest BCUT2D eigenvalue weighted by molar-refractivity contribution is -0.123. The van der Waals surface area contributed by atoms with Gasteiger partial charge in [0.1, 0.15) is 0 Å². The molecule has 0 aliphatic heterocycles. The molecule has 0 aromatic heterocycles. The number of hydrogen-bond acceptors (Lipinski definition) is 4. The van der Waals surface area contributed by atoms with Gasteiger partial charge in [0.25, 0.3) is 11.1 Å². The third kappa shape index (κ3) is 3.61. The fraction of sp³-hybridized carbons (Fsp3) is 0.385. The van der Waals surface area contributed by atoms with E-state index in [1.54, 1.807) is 12.1 Å². The molecule has 1 saturated carbocycles. The Kier molecular flexibility index (Phi) is 4.27. The number of carbonyl (C=O) groups excluding carboxylic acids is 2. The lowest BCUT2D eigenvalue weighted by atomic mass is 10.2. The molecule has 0 saturated heterocycles. The van der Waals surface area contributed by atoms with Crippen LogP contribution in [0.4, 0.5) is 0 Å². The van der Waals surface area contributed by atoms with Crippen LogP contribution in [0.1, 0.15) is 23.2 Å². The largest absolute Gasteiger partial charge is 0.493 e. The molecule has 0 unspecified atom stereocenters. The Morgan fingerprint density at radius 3 is 2.74 bits per heavy atom. The molecule has 19 heavy (non-hydrogen) atoms. The van der Waals surface area contributed by atoms with Gasteiger partial charge in [0.15, 0.2) is 18.1 Å². The lowest BCUT2D eigenvalue weighted by Crippen LogP contribution is -2.30. The van der Waals surface area contributed by atoms with Crippen LogP contribution in [-0.4, -0.2) is 30.9 Å². The maximum atomic E-state index is 11.6. The summed E-state index contributed by atoms with van der Waals surface area (Å²) in [4.78, 5) is 22.8. The highest BCUT2D eigenvalue weighted by Gasteiger charge is 2.24. The molecule has 5 nitrogen and oxygen atoms in total. The van der Waals surface area contributed by atoms with Crippen molar-refractivity contribution in [2.75, 3.05) is 13.7 Å². The average molecular weight is 284 g/mol. The fourth-order valence-electron chi connectivity index (χ4n) is 1.61. The van der Waals surface area contributed by atoms with Crippen LogP contribution in [0.3, 0.4) is 0 Å². The Bertz CT molecular complexity index is 499. The van der Waals surface area contributed by atoms with Crippen LogP contribution in [0.2, 0.25) is 0 Å². The van der Waals surface area contributed by atoms with Crippen LogP contribution in [-0.2, 0) is 4.79 Å². The zero-order chi connectivity index (χ0) is 13.8. The highest BCUT2D eigenvalue weighted by atomic mass is 35.5. The molecule has 1 aromatic carbocycles. The van der Waals surface area contributed by atoms with E-state index in [-0.39, 0.29) is 29.9 Å². The van der Waals surface area contributed by atoms with E-state index in [0.717, 1.165) is 12.8 Å². The molecular weight excluding hydrogens is 270 g/mol. The number of nitrogens with one attached hydrogen (secondary N) is 1. The molecule has 102 valence electrons. The molecule has 0 spiro atoms. The van der Waals surface area contributed by atoms with Gasteiger partial charge < -0.3 is 14.8 Å². The molecule has 0 radical (unpaired) electrons. The molecule has 1 aromatic rings. The van der Waals surface area contributed by atoms with Gasteiger partial charge in [0.2, 0.25) is 0 Å². The molecule has 1 aliphatic rings. The maximum Gasteiger partial charge on any atom is 0.258 e. The molecule has 0 heterocycles. The number of halogens is 1. The lowest BCUT2D eigenvalue weighted by Gasteiger charge is -2.13. The van der Waals surface area contributed by atoms with Gasteiger partial charge in [-0.2, -0.15) is 0 Å². The van der Waals surface area contributed by atoms with E-state index >= 15 is 0 Å². The van der Waals surface area contributed by atoms with Crippen molar-refractivity contribution >= 4 is 22.8 Å². The number of ether oxygens (including phenoxy) is 2. The van der Waals surface area contributed by atoms with Gasteiger partial charge in [-0.25, -0.2) is 0 Å². The van der Waals surface area contributed by atoms with Gasteiger partial charge in [-0.3, -0.25) is 9.59 Å². The maximum absolute atomic E-state index is 11.6. The van der Waals surface area contributed by atoms with E-state index in [1.165, 1.54) is 13.2 Å². The van der Waals surface area contributed by atoms with Crippen molar-refractivity contribution in [3.8, 4) is 11.5 Å². The Morgan fingerprint density at radius 1 is 1.42 bits per heavy atom. The second kappa shape index (κ2) is 5.93. The highest BCUT2D eigenvalue weighted by Crippen LogP contribution is 2.32. The Labute approximate surface area is 115 Å². The highest BCUT2D eigenvalue weighted by molar-refractivity contribution is 6.68. The third-order valence-corrected chi connectivity index (χ3v) is 2.90. The second-order valence-electron chi connectivity index (χ2n) is 4.24. The van der Waals surface area contributed by atoms with E-state index in [4.69, 9.17) is 21.1 Å². The van der Waals surface area contributed by atoms with Crippen molar-refractivity contribution < 1.29 is 19.1 Å². The summed E-state index contributed by atoms with van der Waals surface area (Å²) in [5.41, 5.74) is 0.181. The minimum absolute atomic E-state index is 0.173. The van der Waals surface area contributed by atoms with Crippen LogP contribution in [0, 0.1) is 0 Å². The molecule has 2 rings (SSSR count). The first-order chi connectivity index (χ1) is 9.11. The fourth-order valence-corrected chi connectivity index (χ4v) is 1.76. The van der Waals surface area contributed by atoms with Crippen LogP contribution >= 0.6 is 11.6 Å². The predicted octanol–water partition coefficient (Wildman–Crippen LogP) is 1.73. The first kappa shape index (κ1) is 13.7. The molecular formula is C13H14ClNO4. The smallest absolute Gasteiger partial charge is 0.258 e. The number of amides is 1. The second-order valence-corrected chi connectivity index (χ2v) is 4.58. The zero-order valence-corrected chi connectivity index (χ0v) is 11.2. The third-order valence-electron chi connectivity index (χ3n) is 2.70. The number of hydrogen-bond donors (Lipinski definition) is 1. The topological polar surface area (TPSA) is 64.6 Å². The van der Waals surface area contributed by atoms with Gasteiger partial charge in [0, 0.05) is 6.04 Å². The van der Waals surface area contributed by atoms with Crippen molar-refractivity contribution in [2.24, 2.45) is 0 Å². The van der Waals surface area contributed by atoms with Crippen molar-refractivity contribution in [3.63, 3.8) is 0 Å². The summed E-state index contributed by atoms with van der Waals surface area (Å²) in [6.45, 7) is -0.173. The van der Waals surface area contributed by atoms with Gasteiger partial charge >= 0.3 is 0 Å². The summed E-state index contributed by atoms with van der Waals surface area (Å²) in [6, 6.07) is 5.05. The van der Waals surface area contributed by atoms with Crippen molar-refractivity contribution in [1.29, 1.82) is 0 Å². The molecule has 1 amide bonds. The van der Waals surface area contributed by atoms with Crippen LogP contribution < -0.4 is 14.8 Å². The number of rotatable bonds is 6. The average Bonchev–Trinajstić information content (AvgIpc) is 3.19. The van der Waals surface area contributed by atoms with E-state index in [1.807, 2.05) is 0 Å². The number of carbonyl (C=O) groups is 2. The predicted molar refractivity (Wildman–Crippen MR) is 69.8 cm³/mol. The molecule has 1 aliphatic carbocycles. The van der Waals surface area contributed by atoms with Gasteiger partial charge in [-0.1, -0.05) is 6.07 Å². The Balaban J connectivity index is 2.08. The van der Waals surface area contributed by atoms with Crippen LogP contribution in [0.15, 0.2) is 18.2 Å². The first-order valence-electron chi connectivity index (χ1n) is 5.91. The number of benzene rings is 1. The number of para-hydroxylation sites is 1. The summed E-state index contributed by atoms with van der Waals surface area (Å²) < 4.78 is 10.5. The first-order valence-corrected chi connectivity index (χ1v) is 6.28. The van der Waals surface area contributed by atoms with Crippen LogP contribution in [0.25, 0.3) is 0 Å². The van der Waals surface area contributed by atoms with Crippen molar-refractivity contribution in [1.82, 2.24) is 5.32 Å².